The Morgan fingerprint density at radius 1 is 0.926 bits per heavy atom. The average Bonchev–Trinajstić information content (AvgIpc) is 2.68. The molecule has 3 heteroatoms. The fourth-order valence-electron chi connectivity index (χ4n) is 3.43. The van der Waals surface area contributed by atoms with E-state index in [1.54, 1.807) is 12.4 Å². The van der Waals surface area contributed by atoms with Gasteiger partial charge in [0.15, 0.2) is 0 Å². The third-order valence-corrected chi connectivity index (χ3v) is 5.20. The zero-order valence-electron chi connectivity index (χ0n) is 17.4. The number of rotatable bonds is 17. The molecule has 0 aliphatic rings. The standard InChI is InChI=1S/C24H40N2O/c1-2-3-4-5-6-7-8-9-10-11-12-13-14-15-16-23(24(25)27)21-22-17-19-26-20-18-22/h9-10,17-20,23H,2-8,11-16,21H2,1H3,(H2,25,27)/b10-9-. The Morgan fingerprint density at radius 2 is 1.48 bits per heavy atom. The molecule has 3 nitrogen and oxygen atoms in total. The summed E-state index contributed by atoms with van der Waals surface area (Å²) in [5.74, 6) is -0.228. The van der Waals surface area contributed by atoms with Crippen LogP contribution in [0.25, 0.3) is 0 Å². The zero-order chi connectivity index (χ0) is 19.6. The maximum Gasteiger partial charge on any atom is 0.220 e. The highest BCUT2D eigenvalue weighted by Gasteiger charge is 2.15. The summed E-state index contributed by atoms with van der Waals surface area (Å²) in [6.07, 6.45) is 25.3. The third-order valence-electron chi connectivity index (χ3n) is 5.20. The van der Waals surface area contributed by atoms with Gasteiger partial charge in [-0.1, -0.05) is 70.4 Å². The van der Waals surface area contributed by atoms with Gasteiger partial charge in [-0.3, -0.25) is 9.78 Å². The van der Waals surface area contributed by atoms with Crippen molar-refractivity contribution in [3.63, 3.8) is 0 Å². The number of hydrogen-bond donors (Lipinski definition) is 1. The average molecular weight is 373 g/mol. The first-order chi connectivity index (χ1) is 13.2. The molecule has 0 aliphatic carbocycles. The predicted octanol–water partition coefficient (Wildman–Crippen LogP) is 6.37. The van der Waals surface area contributed by atoms with Crippen LogP contribution < -0.4 is 5.73 Å². The smallest absolute Gasteiger partial charge is 0.220 e. The van der Waals surface area contributed by atoms with Crippen molar-refractivity contribution in [1.82, 2.24) is 4.98 Å². The molecule has 1 aromatic heterocycles. The minimum Gasteiger partial charge on any atom is -0.369 e. The van der Waals surface area contributed by atoms with E-state index in [0.29, 0.717) is 0 Å². The van der Waals surface area contributed by atoms with Crippen LogP contribution in [0.15, 0.2) is 36.7 Å². The van der Waals surface area contributed by atoms with Crippen LogP contribution in [0.3, 0.4) is 0 Å². The van der Waals surface area contributed by atoms with E-state index in [-0.39, 0.29) is 11.8 Å². The summed E-state index contributed by atoms with van der Waals surface area (Å²) in [5.41, 5.74) is 6.72. The first kappa shape index (κ1) is 23.4. The molecule has 0 saturated carbocycles. The Labute approximate surface area is 166 Å². The monoisotopic (exact) mass is 372 g/mol. The molecule has 0 fully saturated rings. The van der Waals surface area contributed by atoms with Crippen molar-refractivity contribution < 1.29 is 4.79 Å². The minimum absolute atomic E-state index is 0.0513. The molecule has 0 aromatic carbocycles. The number of aromatic nitrogens is 1. The van der Waals surface area contributed by atoms with E-state index in [2.05, 4.69) is 24.1 Å². The van der Waals surface area contributed by atoms with Gasteiger partial charge in [0, 0.05) is 18.3 Å². The van der Waals surface area contributed by atoms with E-state index in [1.165, 1.54) is 70.6 Å². The first-order valence-corrected chi connectivity index (χ1v) is 11.1. The maximum atomic E-state index is 11.7. The molecule has 1 atom stereocenters. The highest BCUT2D eigenvalue weighted by molar-refractivity contribution is 5.76. The van der Waals surface area contributed by atoms with Crippen LogP contribution in [0.4, 0.5) is 0 Å². The van der Waals surface area contributed by atoms with Crippen LogP contribution in [0.1, 0.15) is 96.0 Å². The molecule has 1 heterocycles. The molecule has 1 rings (SSSR count). The van der Waals surface area contributed by atoms with Crippen LogP contribution in [0, 0.1) is 5.92 Å². The van der Waals surface area contributed by atoms with E-state index in [9.17, 15) is 4.79 Å². The topological polar surface area (TPSA) is 56.0 Å². The normalized spacial score (nSPS) is 12.5. The second kappa shape index (κ2) is 16.5. The van der Waals surface area contributed by atoms with E-state index >= 15 is 0 Å². The molecule has 1 unspecified atom stereocenters. The molecule has 152 valence electrons. The van der Waals surface area contributed by atoms with E-state index < -0.39 is 0 Å². The number of amides is 1. The quantitative estimate of drug-likeness (QED) is 0.255. The lowest BCUT2D eigenvalue weighted by Crippen LogP contribution is -2.25. The van der Waals surface area contributed by atoms with Gasteiger partial charge in [0.1, 0.15) is 0 Å². The van der Waals surface area contributed by atoms with Crippen molar-refractivity contribution in [1.29, 1.82) is 0 Å². The summed E-state index contributed by atoms with van der Waals surface area (Å²) in [7, 11) is 0. The SMILES string of the molecule is CCCCCCCC/C=C\CCCCCCC(Cc1ccncc1)C(N)=O. The van der Waals surface area contributed by atoms with Crippen molar-refractivity contribution in [2.24, 2.45) is 11.7 Å². The molecular formula is C24H40N2O. The van der Waals surface area contributed by atoms with E-state index in [0.717, 1.165) is 24.8 Å². The fraction of sp³-hybridized carbons (Fsp3) is 0.667. The number of pyridine rings is 1. The van der Waals surface area contributed by atoms with Crippen LogP contribution >= 0.6 is 0 Å². The molecule has 1 aromatic rings. The molecule has 0 radical (unpaired) electrons. The van der Waals surface area contributed by atoms with Gasteiger partial charge in [0.2, 0.25) is 5.91 Å². The summed E-state index contributed by atoms with van der Waals surface area (Å²) in [5, 5.41) is 0. The van der Waals surface area contributed by atoms with Gasteiger partial charge in [-0.25, -0.2) is 0 Å². The van der Waals surface area contributed by atoms with Gasteiger partial charge in [0.05, 0.1) is 0 Å². The Hall–Kier alpha value is -1.64. The van der Waals surface area contributed by atoms with Crippen molar-refractivity contribution in [3.05, 3.63) is 42.2 Å². The predicted molar refractivity (Wildman–Crippen MR) is 115 cm³/mol. The summed E-state index contributed by atoms with van der Waals surface area (Å²) in [4.78, 5) is 15.7. The zero-order valence-corrected chi connectivity index (χ0v) is 17.4. The fourth-order valence-corrected chi connectivity index (χ4v) is 3.43. The van der Waals surface area contributed by atoms with Crippen molar-refractivity contribution in [3.8, 4) is 0 Å². The number of hydrogen-bond acceptors (Lipinski definition) is 2. The van der Waals surface area contributed by atoms with E-state index in [1.807, 2.05) is 12.1 Å². The van der Waals surface area contributed by atoms with Crippen LogP contribution in [-0.2, 0) is 11.2 Å². The van der Waals surface area contributed by atoms with Crippen LogP contribution in [0.5, 0.6) is 0 Å². The highest BCUT2D eigenvalue weighted by atomic mass is 16.1. The lowest BCUT2D eigenvalue weighted by atomic mass is 9.93. The lowest BCUT2D eigenvalue weighted by molar-refractivity contribution is -0.122. The Kier molecular flexibility index (Phi) is 14.3. The Bertz CT molecular complexity index is 498. The van der Waals surface area contributed by atoms with Crippen LogP contribution in [-0.4, -0.2) is 10.9 Å². The number of primary amides is 1. The Balaban J connectivity index is 1.99. The number of nitrogens with zero attached hydrogens (tertiary/aromatic N) is 1. The lowest BCUT2D eigenvalue weighted by Gasteiger charge is -2.13. The van der Waals surface area contributed by atoms with Crippen molar-refractivity contribution in [2.75, 3.05) is 0 Å². The van der Waals surface area contributed by atoms with Gasteiger partial charge in [-0.15, -0.1) is 0 Å². The number of unbranched alkanes of at least 4 members (excludes halogenated alkanes) is 10. The van der Waals surface area contributed by atoms with Gasteiger partial charge < -0.3 is 5.73 Å². The number of carbonyl (C=O) groups is 1. The molecule has 1 amide bonds. The second-order valence-electron chi connectivity index (χ2n) is 7.68. The van der Waals surface area contributed by atoms with Crippen molar-refractivity contribution >= 4 is 5.91 Å². The molecule has 0 saturated heterocycles. The number of allylic oxidation sites excluding steroid dienone is 2. The Morgan fingerprint density at radius 3 is 2.07 bits per heavy atom. The van der Waals surface area contributed by atoms with E-state index in [4.69, 9.17) is 5.73 Å². The first-order valence-electron chi connectivity index (χ1n) is 11.1. The summed E-state index contributed by atoms with van der Waals surface area (Å²) < 4.78 is 0. The molecule has 2 N–H and O–H groups in total. The second-order valence-corrected chi connectivity index (χ2v) is 7.68. The summed E-state index contributed by atoms with van der Waals surface area (Å²) in [6.45, 7) is 2.27. The van der Waals surface area contributed by atoms with Crippen molar-refractivity contribution in [2.45, 2.75) is 96.8 Å². The molecule has 0 spiro atoms. The van der Waals surface area contributed by atoms with Gasteiger partial charge in [-0.2, -0.15) is 0 Å². The molecule has 0 aliphatic heterocycles. The largest absolute Gasteiger partial charge is 0.369 e. The maximum absolute atomic E-state index is 11.7. The third kappa shape index (κ3) is 13.2. The number of carbonyl (C=O) groups excluding carboxylic acids is 1. The number of nitrogens with two attached hydrogens (primary N) is 1. The highest BCUT2D eigenvalue weighted by Crippen LogP contribution is 2.16. The minimum atomic E-state index is -0.176. The van der Waals surface area contributed by atoms with Crippen LogP contribution in [0.2, 0.25) is 0 Å². The summed E-state index contributed by atoms with van der Waals surface area (Å²) in [6, 6.07) is 3.93. The molecule has 27 heavy (non-hydrogen) atoms. The van der Waals surface area contributed by atoms with Gasteiger partial charge in [-0.05, 0) is 56.2 Å². The molecular weight excluding hydrogens is 332 g/mol. The van der Waals surface area contributed by atoms with Gasteiger partial charge in [0.25, 0.3) is 0 Å². The molecule has 0 bridgehead atoms. The summed E-state index contributed by atoms with van der Waals surface area (Å²) >= 11 is 0. The van der Waals surface area contributed by atoms with Gasteiger partial charge >= 0.3 is 0 Å².